The Morgan fingerprint density at radius 1 is 1.25 bits per heavy atom. The van der Waals surface area contributed by atoms with E-state index in [1.165, 1.54) is 25.3 Å². The van der Waals surface area contributed by atoms with Crippen molar-refractivity contribution >= 4 is 11.9 Å². The standard InChI is InChI=1S/C23H25FN2O6/c1-3-31-22(28)12-17(25-23(29)20-13-21(27)26-32-20)10-14-4-6-15(7-5-14)18-11-16(24)8-9-19(18)30-2/h4-9,11,13,17,21,26-27H,3,10,12H2,1-2H3,(H,25,29)/t17-,21?/m1/s1. The van der Waals surface area contributed by atoms with Gasteiger partial charge in [0.2, 0.25) is 5.76 Å². The second-order valence-corrected chi connectivity index (χ2v) is 7.12. The van der Waals surface area contributed by atoms with Crippen LogP contribution in [-0.4, -0.2) is 43.0 Å². The average Bonchev–Trinajstić information content (AvgIpc) is 3.21. The molecule has 0 aromatic heterocycles. The summed E-state index contributed by atoms with van der Waals surface area (Å²) >= 11 is 0. The molecule has 1 unspecified atom stereocenters. The van der Waals surface area contributed by atoms with E-state index in [4.69, 9.17) is 14.3 Å². The molecule has 1 amide bonds. The Kier molecular flexibility index (Phi) is 7.80. The van der Waals surface area contributed by atoms with E-state index in [-0.39, 0.29) is 24.6 Å². The predicted octanol–water partition coefficient (Wildman–Crippen LogP) is 2.22. The molecule has 0 saturated heterocycles. The molecule has 2 atom stereocenters. The van der Waals surface area contributed by atoms with E-state index in [1.54, 1.807) is 13.0 Å². The zero-order valence-corrected chi connectivity index (χ0v) is 17.8. The second kappa shape index (κ2) is 10.7. The van der Waals surface area contributed by atoms with Crippen LogP contribution in [0.4, 0.5) is 4.39 Å². The summed E-state index contributed by atoms with van der Waals surface area (Å²) in [5, 5.41) is 12.1. The van der Waals surface area contributed by atoms with Crippen LogP contribution in [0.25, 0.3) is 11.1 Å². The van der Waals surface area contributed by atoms with Gasteiger partial charge in [0.15, 0.2) is 6.23 Å². The number of hydroxylamine groups is 1. The number of benzene rings is 2. The summed E-state index contributed by atoms with van der Waals surface area (Å²) in [6.07, 6.45) is 0.445. The van der Waals surface area contributed by atoms with Crippen molar-refractivity contribution in [3.8, 4) is 16.9 Å². The lowest BCUT2D eigenvalue weighted by atomic mass is 9.98. The number of carbonyl (C=O) groups is 2. The van der Waals surface area contributed by atoms with Crippen LogP contribution in [0.5, 0.6) is 5.75 Å². The first-order valence-corrected chi connectivity index (χ1v) is 10.1. The molecule has 170 valence electrons. The monoisotopic (exact) mass is 444 g/mol. The molecule has 0 saturated carbocycles. The van der Waals surface area contributed by atoms with Crippen molar-refractivity contribution in [1.29, 1.82) is 0 Å². The molecule has 9 heteroatoms. The lowest BCUT2D eigenvalue weighted by Crippen LogP contribution is -2.39. The maximum Gasteiger partial charge on any atom is 0.307 e. The van der Waals surface area contributed by atoms with Crippen molar-refractivity contribution in [2.75, 3.05) is 13.7 Å². The zero-order chi connectivity index (χ0) is 23.1. The number of halogens is 1. The molecular formula is C23H25FN2O6. The van der Waals surface area contributed by atoms with Crippen LogP contribution >= 0.6 is 0 Å². The summed E-state index contributed by atoms with van der Waals surface area (Å²) in [4.78, 5) is 29.4. The van der Waals surface area contributed by atoms with E-state index < -0.39 is 24.1 Å². The largest absolute Gasteiger partial charge is 0.496 e. The van der Waals surface area contributed by atoms with Crippen molar-refractivity contribution in [3.05, 3.63) is 65.7 Å². The third-order valence-electron chi connectivity index (χ3n) is 4.78. The second-order valence-electron chi connectivity index (χ2n) is 7.12. The van der Waals surface area contributed by atoms with Crippen LogP contribution < -0.4 is 15.5 Å². The summed E-state index contributed by atoms with van der Waals surface area (Å²) in [6, 6.07) is 11.0. The molecule has 1 heterocycles. The predicted molar refractivity (Wildman–Crippen MR) is 114 cm³/mol. The minimum absolute atomic E-state index is 0.0394. The van der Waals surface area contributed by atoms with E-state index in [1.807, 2.05) is 24.3 Å². The number of amides is 1. The first kappa shape index (κ1) is 23.2. The first-order valence-electron chi connectivity index (χ1n) is 10.1. The Balaban J connectivity index is 1.75. The van der Waals surface area contributed by atoms with Gasteiger partial charge in [-0.3, -0.25) is 9.59 Å². The van der Waals surface area contributed by atoms with Crippen molar-refractivity contribution in [2.45, 2.75) is 32.0 Å². The highest BCUT2D eigenvalue weighted by molar-refractivity contribution is 5.92. The van der Waals surface area contributed by atoms with Gasteiger partial charge in [0.1, 0.15) is 11.6 Å². The van der Waals surface area contributed by atoms with Crippen LogP contribution in [0.1, 0.15) is 18.9 Å². The number of rotatable bonds is 9. The highest BCUT2D eigenvalue weighted by Crippen LogP contribution is 2.31. The minimum Gasteiger partial charge on any atom is -0.496 e. The molecule has 0 fully saturated rings. The topological polar surface area (TPSA) is 106 Å². The Bertz CT molecular complexity index is 992. The molecule has 0 radical (unpaired) electrons. The number of esters is 1. The quantitative estimate of drug-likeness (QED) is 0.509. The minimum atomic E-state index is -1.08. The molecule has 2 aromatic carbocycles. The fourth-order valence-electron chi connectivity index (χ4n) is 3.32. The number of aliphatic hydroxyl groups excluding tert-OH is 1. The van der Waals surface area contributed by atoms with Gasteiger partial charge in [-0.2, -0.15) is 0 Å². The van der Waals surface area contributed by atoms with E-state index in [0.717, 1.165) is 11.1 Å². The average molecular weight is 444 g/mol. The number of aliphatic hydroxyl groups is 1. The molecule has 1 aliphatic heterocycles. The van der Waals surface area contributed by atoms with Crippen LogP contribution in [0.3, 0.4) is 0 Å². The molecule has 3 rings (SSSR count). The third kappa shape index (κ3) is 6.05. The van der Waals surface area contributed by atoms with Gasteiger partial charge in [0.05, 0.1) is 20.1 Å². The maximum atomic E-state index is 13.7. The smallest absolute Gasteiger partial charge is 0.307 e. The van der Waals surface area contributed by atoms with Crippen LogP contribution in [0.2, 0.25) is 0 Å². The third-order valence-corrected chi connectivity index (χ3v) is 4.78. The lowest BCUT2D eigenvalue weighted by Gasteiger charge is -2.18. The van der Waals surface area contributed by atoms with Crippen molar-refractivity contribution in [3.63, 3.8) is 0 Å². The Morgan fingerprint density at radius 3 is 2.62 bits per heavy atom. The summed E-state index contributed by atoms with van der Waals surface area (Å²) in [5.41, 5.74) is 4.47. The summed E-state index contributed by atoms with van der Waals surface area (Å²) in [7, 11) is 1.52. The van der Waals surface area contributed by atoms with Crippen LogP contribution in [-0.2, 0) is 25.6 Å². The number of nitrogens with one attached hydrogen (secondary N) is 2. The van der Waals surface area contributed by atoms with Gasteiger partial charge < -0.3 is 24.7 Å². The Hall–Kier alpha value is -3.43. The van der Waals surface area contributed by atoms with Crippen molar-refractivity contribution < 1.29 is 33.4 Å². The number of hydrogen-bond acceptors (Lipinski definition) is 7. The van der Waals surface area contributed by atoms with Crippen molar-refractivity contribution in [1.82, 2.24) is 10.8 Å². The van der Waals surface area contributed by atoms with Crippen LogP contribution in [0.15, 0.2) is 54.3 Å². The summed E-state index contributed by atoms with van der Waals surface area (Å²) in [6.45, 7) is 1.93. The fraction of sp³-hybridized carbons (Fsp3) is 0.304. The molecule has 2 aromatic rings. The zero-order valence-electron chi connectivity index (χ0n) is 17.8. The van der Waals surface area contributed by atoms with E-state index >= 15 is 0 Å². The summed E-state index contributed by atoms with van der Waals surface area (Å²) < 4.78 is 24.0. The van der Waals surface area contributed by atoms with Gasteiger partial charge in [0, 0.05) is 17.7 Å². The number of methoxy groups -OCH3 is 1. The van der Waals surface area contributed by atoms with Gasteiger partial charge in [-0.15, -0.1) is 5.48 Å². The molecule has 0 bridgehead atoms. The lowest BCUT2D eigenvalue weighted by molar-refractivity contribution is -0.143. The Morgan fingerprint density at radius 2 is 2.00 bits per heavy atom. The number of hydrogen-bond donors (Lipinski definition) is 3. The highest BCUT2D eigenvalue weighted by atomic mass is 19.1. The molecule has 8 nitrogen and oxygen atoms in total. The molecule has 0 aliphatic carbocycles. The molecule has 0 spiro atoms. The van der Waals surface area contributed by atoms with Gasteiger partial charge in [0.25, 0.3) is 5.91 Å². The molecule has 32 heavy (non-hydrogen) atoms. The molecule has 3 N–H and O–H groups in total. The number of carbonyl (C=O) groups excluding carboxylic acids is 2. The SMILES string of the molecule is CCOC(=O)C[C@@H](Cc1ccc(-c2cc(F)ccc2OC)cc1)NC(=O)C1=CC(O)NO1. The van der Waals surface area contributed by atoms with Gasteiger partial charge >= 0.3 is 5.97 Å². The van der Waals surface area contributed by atoms with Gasteiger partial charge in [-0.05, 0) is 42.7 Å². The van der Waals surface area contributed by atoms with Gasteiger partial charge in [-0.1, -0.05) is 24.3 Å². The van der Waals surface area contributed by atoms with E-state index in [9.17, 15) is 19.1 Å². The van der Waals surface area contributed by atoms with E-state index in [0.29, 0.717) is 17.7 Å². The number of ether oxygens (including phenoxy) is 2. The normalized spacial score (nSPS) is 16.0. The first-order chi connectivity index (χ1) is 15.4. The Labute approximate surface area is 184 Å². The van der Waals surface area contributed by atoms with Crippen molar-refractivity contribution in [2.24, 2.45) is 0 Å². The van der Waals surface area contributed by atoms with Gasteiger partial charge in [-0.25, -0.2) is 4.39 Å². The fourth-order valence-corrected chi connectivity index (χ4v) is 3.32. The van der Waals surface area contributed by atoms with E-state index in [2.05, 4.69) is 10.8 Å². The molecule has 1 aliphatic rings. The molecular weight excluding hydrogens is 419 g/mol. The summed E-state index contributed by atoms with van der Waals surface area (Å²) in [5.74, 6) is -0.917. The maximum absolute atomic E-state index is 13.7. The van der Waals surface area contributed by atoms with Crippen LogP contribution in [0, 0.1) is 5.82 Å². The highest BCUT2D eigenvalue weighted by Gasteiger charge is 2.25.